The molecule has 0 heterocycles. The first-order valence-corrected chi connectivity index (χ1v) is 5.29. The summed E-state index contributed by atoms with van der Waals surface area (Å²) in [6.07, 6.45) is 9.06. The summed E-state index contributed by atoms with van der Waals surface area (Å²) in [4.78, 5) is 0. The van der Waals surface area contributed by atoms with Gasteiger partial charge in [-0.15, -0.1) is 0 Å². The van der Waals surface area contributed by atoms with Crippen molar-refractivity contribution in [2.24, 2.45) is 17.3 Å². The van der Waals surface area contributed by atoms with Gasteiger partial charge >= 0.3 is 0 Å². The molecular weight excluding hydrogens is 132 g/mol. The Hall–Kier alpha value is 0. The number of fused-ring (bicyclic) bond motifs is 1. The van der Waals surface area contributed by atoms with E-state index in [2.05, 4.69) is 13.8 Å². The van der Waals surface area contributed by atoms with Crippen LogP contribution in [0.15, 0.2) is 0 Å². The molecule has 2 aliphatic carbocycles. The summed E-state index contributed by atoms with van der Waals surface area (Å²) >= 11 is 0. The standard InChI is InChI=1S/C11H20/c1-3-5-9(2)11-7-4-6-10(11)8-11/h9-10H,3-8H2,1-2H3. The molecule has 3 atom stereocenters. The van der Waals surface area contributed by atoms with Gasteiger partial charge in [0, 0.05) is 0 Å². The van der Waals surface area contributed by atoms with Gasteiger partial charge in [-0.3, -0.25) is 0 Å². The fraction of sp³-hybridized carbons (Fsp3) is 1.00. The van der Waals surface area contributed by atoms with Crippen molar-refractivity contribution in [3.63, 3.8) is 0 Å². The normalized spacial score (nSPS) is 43.6. The van der Waals surface area contributed by atoms with E-state index in [1.54, 1.807) is 19.3 Å². The number of rotatable bonds is 3. The Balaban J connectivity index is 1.94. The lowest BCUT2D eigenvalue weighted by molar-refractivity contribution is 0.297. The fourth-order valence-corrected chi connectivity index (χ4v) is 3.34. The lowest BCUT2D eigenvalue weighted by Gasteiger charge is -2.20. The van der Waals surface area contributed by atoms with Crippen molar-refractivity contribution in [3.05, 3.63) is 0 Å². The van der Waals surface area contributed by atoms with Crippen LogP contribution in [0.25, 0.3) is 0 Å². The first-order chi connectivity index (χ1) is 5.29. The average Bonchev–Trinajstić information content (AvgIpc) is 2.57. The molecule has 3 unspecified atom stereocenters. The van der Waals surface area contributed by atoms with Crippen LogP contribution in [0, 0.1) is 17.3 Å². The zero-order valence-corrected chi connectivity index (χ0v) is 7.90. The summed E-state index contributed by atoms with van der Waals surface area (Å²) in [7, 11) is 0. The van der Waals surface area contributed by atoms with Gasteiger partial charge < -0.3 is 0 Å². The highest BCUT2D eigenvalue weighted by Crippen LogP contribution is 2.68. The van der Waals surface area contributed by atoms with Crippen molar-refractivity contribution in [3.8, 4) is 0 Å². The van der Waals surface area contributed by atoms with Crippen molar-refractivity contribution < 1.29 is 0 Å². The summed E-state index contributed by atoms with van der Waals surface area (Å²) in [5, 5.41) is 0. The molecule has 2 saturated carbocycles. The van der Waals surface area contributed by atoms with Gasteiger partial charge in [-0.05, 0) is 36.5 Å². The zero-order chi connectivity index (χ0) is 7.90. The van der Waals surface area contributed by atoms with E-state index >= 15 is 0 Å². The lowest BCUT2D eigenvalue weighted by atomic mass is 9.85. The van der Waals surface area contributed by atoms with Crippen LogP contribution in [0.2, 0.25) is 0 Å². The molecule has 0 aromatic rings. The van der Waals surface area contributed by atoms with Crippen LogP contribution < -0.4 is 0 Å². The molecule has 0 aromatic heterocycles. The molecule has 0 bridgehead atoms. The van der Waals surface area contributed by atoms with E-state index in [1.807, 2.05) is 0 Å². The quantitative estimate of drug-likeness (QED) is 0.579. The predicted octanol–water partition coefficient (Wildman–Crippen LogP) is 3.61. The Bertz CT molecular complexity index is 150. The van der Waals surface area contributed by atoms with E-state index in [0.29, 0.717) is 0 Å². The SMILES string of the molecule is CCCC(C)C12CCCC1C2. The predicted molar refractivity (Wildman–Crippen MR) is 48.5 cm³/mol. The van der Waals surface area contributed by atoms with Crippen LogP contribution in [0.1, 0.15) is 52.4 Å². The summed E-state index contributed by atoms with van der Waals surface area (Å²) in [5.41, 5.74) is 0.871. The molecule has 0 saturated heterocycles. The third-order valence-electron chi connectivity index (χ3n) is 4.18. The number of hydrogen-bond acceptors (Lipinski definition) is 0. The monoisotopic (exact) mass is 152 g/mol. The van der Waals surface area contributed by atoms with Gasteiger partial charge in [-0.1, -0.05) is 33.1 Å². The topological polar surface area (TPSA) is 0 Å². The van der Waals surface area contributed by atoms with Gasteiger partial charge in [-0.25, -0.2) is 0 Å². The second kappa shape index (κ2) is 2.50. The molecule has 2 aliphatic rings. The van der Waals surface area contributed by atoms with Crippen LogP contribution in [0.3, 0.4) is 0 Å². The van der Waals surface area contributed by atoms with Crippen molar-refractivity contribution >= 4 is 0 Å². The Morgan fingerprint density at radius 3 is 2.82 bits per heavy atom. The third-order valence-corrected chi connectivity index (χ3v) is 4.18. The lowest BCUT2D eigenvalue weighted by Crippen LogP contribution is -2.11. The minimum Gasteiger partial charge on any atom is -0.0654 e. The van der Waals surface area contributed by atoms with E-state index in [-0.39, 0.29) is 0 Å². The number of hydrogen-bond donors (Lipinski definition) is 0. The van der Waals surface area contributed by atoms with Crippen LogP contribution in [-0.2, 0) is 0 Å². The maximum absolute atomic E-state index is 2.48. The first kappa shape index (κ1) is 7.64. The summed E-state index contributed by atoms with van der Waals surface area (Å²) in [6, 6.07) is 0. The maximum atomic E-state index is 2.48. The second-order valence-corrected chi connectivity index (χ2v) is 4.72. The first-order valence-electron chi connectivity index (χ1n) is 5.29. The Labute approximate surface area is 70.4 Å². The highest BCUT2D eigenvalue weighted by Gasteiger charge is 2.58. The van der Waals surface area contributed by atoms with Gasteiger partial charge in [0.05, 0.1) is 0 Å². The molecule has 0 nitrogen and oxygen atoms in total. The largest absolute Gasteiger partial charge is 0.0654 e. The maximum Gasteiger partial charge on any atom is -0.0240 e. The van der Waals surface area contributed by atoms with Gasteiger partial charge in [0.1, 0.15) is 0 Å². The molecule has 0 heteroatoms. The molecule has 0 spiro atoms. The van der Waals surface area contributed by atoms with Crippen LogP contribution in [-0.4, -0.2) is 0 Å². The van der Waals surface area contributed by atoms with Crippen LogP contribution in [0.4, 0.5) is 0 Å². The molecule has 64 valence electrons. The van der Waals surface area contributed by atoms with Crippen molar-refractivity contribution in [1.29, 1.82) is 0 Å². The Morgan fingerprint density at radius 1 is 1.55 bits per heavy atom. The Morgan fingerprint density at radius 2 is 2.36 bits per heavy atom. The molecule has 0 N–H and O–H groups in total. The van der Waals surface area contributed by atoms with E-state index in [4.69, 9.17) is 0 Å². The summed E-state index contributed by atoms with van der Waals surface area (Å²) < 4.78 is 0. The Kier molecular flexibility index (Phi) is 1.74. The second-order valence-electron chi connectivity index (χ2n) is 4.72. The van der Waals surface area contributed by atoms with Crippen molar-refractivity contribution in [2.45, 2.75) is 52.4 Å². The molecule has 0 aliphatic heterocycles. The van der Waals surface area contributed by atoms with E-state index in [1.165, 1.54) is 19.3 Å². The van der Waals surface area contributed by atoms with Crippen LogP contribution in [0.5, 0.6) is 0 Å². The molecule has 0 radical (unpaired) electrons. The van der Waals surface area contributed by atoms with Gasteiger partial charge in [0.25, 0.3) is 0 Å². The highest BCUT2D eigenvalue weighted by molar-refractivity contribution is 5.08. The minimum atomic E-state index is 0.871. The van der Waals surface area contributed by atoms with Crippen LogP contribution >= 0.6 is 0 Å². The van der Waals surface area contributed by atoms with Crippen molar-refractivity contribution in [1.82, 2.24) is 0 Å². The molecular formula is C11H20. The van der Waals surface area contributed by atoms with E-state index < -0.39 is 0 Å². The molecule has 11 heavy (non-hydrogen) atoms. The third kappa shape index (κ3) is 1.02. The zero-order valence-electron chi connectivity index (χ0n) is 7.90. The minimum absolute atomic E-state index is 0.871. The molecule has 0 aromatic carbocycles. The van der Waals surface area contributed by atoms with Gasteiger partial charge in [0.2, 0.25) is 0 Å². The summed E-state index contributed by atoms with van der Waals surface area (Å²) in [5.74, 6) is 2.18. The highest BCUT2D eigenvalue weighted by atomic mass is 14.6. The molecule has 0 amide bonds. The van der Waals surface area contributed by atoms with E-state index in [0.717, 1.165) is 17.3 Å². The smallest absolute Gasteiger partial charge is 0.0240 e. The molecule has 2 fully saturated rings. The molecule has 2 rings (SSSR count). The summed E-state index contributed by atoms with van der Waals surface area (Å²) in [6.45, 7) is 4.80. The van der Waals surface area contributed by atoms with E-state index in [9.17, 15) is 0 Å². The van der Waals surface area contributed by atoms with Crippen molar-refractivity contribution in [2.75, 3.05) is 0 Å². The average molecular weight is 152 g/mol. The fourth-order valence-electron chi connectivity index (χ4n) is 3.34. The van der Waals surface area contributed by atoms with Gasteiger partial charge in [-0.2, -0.15) is 0 Å². The van der Waals surface area contributed by atoms with Gasteiger partial charge in [0.15, 0.2) is 0 Å².